The molecule has 1 saturated heterocycles. The molecule has 0 radical (unpaired) electrons. The Kier molecular flexibility index (Phi) is 6.28. The fraction of sp³-hybridized carbons (Fsp3) is 1.00. The highest BCUT2D eigenvalue weighted by Crippen LogP contribution is 2.12. The third-order valence-corrected chi connectivity index (χ3v) is 2.92. The summed E-state index contributed by atoms with van der Waals surface area (Å²) in [5, 5.41) is 12.9. The van der Waals surface area contributed by atoms with Crippen LogP contribution in [0.25, 0.3) is 0 Å². The van der Waals surface area contributed by atoms with Crippen LogP contribution in [0, 0.1) is 5.92 Å². The van der Waals surface area contributed by atoms with Crippen molar-refractivity contribution in [2.45, 2.75) is 32.5 Å². The van der Waals surface area contributed by atoms with Crippen molar-refractivity contribution in [3.63, 3.8) is 0 Å². The minimum absolute atomic E-state index is 0.193. The second-order valence-electron chi connectivity index (χ2n) is 5.11. The molecule has 2 N–H and O–H groups in total. The van der Waals surface area contributed by atoms with Crippen LogP contribution >= 0.6 is 0 Å². The second-order valence-corrected chi connectivity index (χ2v) is 5.11. The zero-order valence-corrected chi connectivity index (χ0v) is 10.8. The predicted molar refractivity (Wildman–Crippen MR) is 65.6 cm³/mol. The van der Waals surface area contributed by atoms with Crippen molar-refractivity contribution in [3.05, 3.63) is 0 Å². The van der Waals surface area contributed by atoms with E-state index in [4.69, 9.17) is 4.74 Å². The van der Waals surface area contributed by atoms with Crippen LogP contribution in [0.5, 0.6) is 0 Å². The summed E-state index contributed by atoms with van der Waals surface area (Å²) in [5.74, 6) is 0.739. The van der Waals surface area contributed by atoms with Gasteiger partial charge in [-0.25, -0.2) is 0 Å². The van der Waals surface area contributed by atoms with Crippen molar-refractivity contribution in [2.75, 3.05) is 39.8 Å². The fourth-order valence-electron chi connectivity index (χ4n) is 2.01. The van der Waals surface area contributed by atoms with E-state index in [1.807, 2.05) is 13.8 Å². The number of ether oxygens (including phenoxy) is 1. The molecule has 2 atom stereocenters. The second kappa shape index (κ2) is 7.22. The van der Waals surface area contributed by atoms with Crippen LogP contribution in [-0.2, 0) is 4.74 Å². The minimum Gasteiger partial charge on any atom is -0.389 e. The normalized spacial score (nSPS) is 24.2. The third-order valence-electron chi connectivity index (χ3n) is 2.92. The van der Waals surface area contributed by atoms with Crippen molar-refractivity contribution in [3.8, 4) is 0 Å². The van der Waals surface area contributed by atoms with Crippen molar-refractivity contribution in [1.29, 1.82) is 0 Å². The van der Waals surface area contributed by atoms with Gasteiger partial charge in [-0.05, 0) is 46.3 Å². The molecule has 16 heavy (non-hydrogen) atoms. The van der Waals surface area contributed by atoms with E-state index in [2.05, 4.69) is 17.3 Å². The maximum absolute atomic E-state index is 9.63. The van der Waals surface area contributed by atoms with Crippen LogP contribution in [0.2, 0.25) is 0 Å². The van der Waals surface area contributed by atoms with E-state index in [1.54, 1.807) is 0 Å². The number of nitrogens with one attached hydrogen (secondary N) is 1. The standard InChI is InChI=1S/C12H26N2O2/c1-10(2)16-9-12(15)7-13-6-11-4-5-14(3)8-11/h10-13,15H,4-9H2,1-3H3. The van der Waals surface area contributed by atoms with Gasteiger partial charge < -0.3 is 20.1 Å². The maximum atomic E-state index is 9.63. The molecule has 1 heterocycles. The van der Waals surface area contributed by atoms with Crippen molar-refractivity contribution >= 4 is 0 Å². The summed E-state index contributed by atoms with van der Waals surface area (Å²) in [7, 11) is 2.16. The first-order valence-electron chi connectivity index (χ1n) is 6.27. The molecule has 96 valence electrons. The number of nitrogens with zero attached hydrogens (tertiary/aromatic N) is 1. The summed E-state index contributed by atoms with van der Waals surface area (Å²) in [6.45, 7) is 8.39. The molecule has 4 heteroatoms. The highest BCUT2D eigenvalue weighted by Gasteiger charge is 2.18. The van der Waals surface area contributed by atoms with Gasteiger partial charge in [0.1, 0.15) is 0 Å². The molecule has 1 rings (SSSR count). The summed E-state index contributed by atoms with van der Waals surface area (Å²) in [6.07, 6.45) is 1.07. The van der Waals surface area contributed by atoms with Gasteiger partial charge in [0.15, 0.2) is 0 Å². The van der Waals surface area contributed by atoms with E-state index >= 15 is 0 Å². The summed E-state index contributed by atoms with van der Waals surface area (Å²) in [6, 6.07) is 0. The Bertz CT molecular complexity index is 188. The summed E-state index contributed by atoms with van der Waals surface area (Å²) in [5.41, 5.74) is 0. The molecule has 0 aromatic carbocycles. The van der Waals surface area contributed by atoms with Crippen molar-refractivity contribution < 1.29 is 9.84 Å². The Morgan fingerprint density at radius 1 is 1.50 bits per heavy atom. The smallest absolute Gasteiger partial charge is 0.0897 e. The van der Waals surface area contributed by atoms with Gasteiger partial charge in [-0.15, -0.1) is 0 Å². The summed E-state index contributed by atoms with van der Waals surface area (Å²) in [4.78, 5) is 2.35. The van der Waals surface area contributed by atoms with Gasteiger partial charge >= 0.3 is 0 Å². The molecule has 0 spiro atoms. The molecule has 1 fully saturated rings. The summed E-state index contributed by atoms with van der Waals surface area (Å²) >= 11 is 0. The molecule has 1 aliphatic heterocycles. The number of rotatable bonds is 7. The van der Waals surface area contributed by atoms with Crippen LogP contribution in [0.3, 0.4) is 0 Å². The number of hydrogen-bond acceptors (Lipinski definition) is 4. The zero-order valence-electron chi connectivity index (χ0n) is 10.8. The average molecular weight is 230 g/mol. The van der Waals surface area contributed by atoms with E-state index in [9.17, 15) is 5.11 Å². The Morgan fingerprint density at radius 2 is 2.25 bits per heavy atom. The van der Waals surface area contributed by atoms with Gasteiger partial charge in [-0.2, -0.15) is 0 Å². The Morgan fingerprint density at radius 3 is 2.81 bits per heavy atom. The Balaban J connectivity index is 1.97. The van der Waals surface area contributed by atoms with Crippen LogP contribution in [0.1, 0.15) is 20.3 Å². The lowest BCUT2D eigenvalue weighted by Gasteiger charge is -2.16. The molecule has 0 bridgehead atoms. The van der Waals surface area contributed by atoms with E-state index in [-0.39, 0.29) is 12.2 Å². The lowest BCUT2D eigenvalue weighted by molar-refractivity contribution is 0.00619. The quantitative estimate of drug-likeness (QED) is 0.661. The molecule has 2 unspecified atom stereocenters. The lowest BCUT2D eigenvalue weighted by atomic mass is 10.1. The molecular weight excluding hydrogens is 204 g/mol. The van der Waals surface area contributed by atoms with E-state index in [0.717, 1.165) is 12.5 Å². The molecule has 1 aliphatic rings. The van der Waals surface area contributed by atoms with Gasteiger partial charge in [0, 0.05) is 13.1 Å². The average Bonchev–Trinajstić information content (AvgIpc) is 2.61. The highest BCUT2D eigenvalue weighted by atomic mass is 16.5. The number of likely N-dealkylation sites (tertiary alicyclic amines) is 1. The molecule has 0 aromatic rings. The molecular formula is C12H26N2O2. The van der Waals surface area contributed by atoms with Crippen molar-refractivity contribution in [1.82, 2.24) is 10.2 Å². The van der Waals surface area contributed by atoms with Crippen LogP contribution < -0.4 is 5.32 Å². The fourth-order valence-corrected chi connectivity index (χ4v) is 2.01. The predicted octanol–water partition coefficient (Wildman–Crippen LogP) is 0.314. The molecule has 0 amide bonds. The largest absolute Gasteiger partial charge is 0.389 e. The number of hydrogen-bond donors (Lipinski definition) is 2. The van der Waals surface area contributed by atoms with Gasteiger partial charge in [0.25, 0.3) is 0 Å². The first-order chi connectivity index (χ1) is 7.58. The van der Waals surface area contributed by atoms with Crippen molar-refractivity contribution in [2.24, 2.45) is 5.92 Å². The third kappa shape index (κ3) is 5.80. The maximum Gasteiger partial charge on any atom is 0.0897 e. The minimum atomic E-state index is -0.387. The first-order valence-corrected chi connectivity index (χ1v) is 6.27. The molecule has 0 aliphatic carbocycles. The Hall–Kier alpha value is -0.160. The van der Waals surface area contributed by atoms with Crippen LogP contribution in [-0.4, -0.2) is 62.0 Å². The van der Waals surface area contributed by atoms with Gasteiger partial charge in [-0.1, -0.05) is 0 Å². The molecule has 0 aromatic heterocycles. The number of aliphatic hydroxyl groups excluding tert-OH is 1. The molecule has 0 saturated carbocycles. The van der Waals surface area contributed by atoms with Crippen LogP contribution in [0.4, 0.5) is 0 Å². The first kappa shape index (κ1) is 13.9. The van der Waals surface area contributed by atoms with Crippen LogP contribution in [0.15, 0.2) is 0 Å². The van der Waals surface area contributed by atoms with E-state index < -0.39 is 0 Å². The lowest BCUT2D eigenvalue weighted by Crippen LogP contribution is -2.34. The topological polar surface area (TPSA) is 44.7 Å². The zero-order chi connectivity index (χ0) is 12.0. The van der Waals surface area contributed by atoms with Gasteiger partial charge in [-0.3, -0.25) is 0 Å². The van der Waals surface area contributed by atoms with E-state index in [0.29, 0.717) is 13.2 Å². The van der Waals surface area contributed by atoms with Gasteiger partial charge in [0.2, 0.25) is 0 Å². The molecule has 4 nitrogen and oxygen atoms in total. The highest BCUT2D eigenvalue weighted by molar-refractivity contribution is 4.75. The monoisotopic (exact) mass is 230 g/mol. The van der Waals surface area contributed by atoms with Gasteiger partial charge in [0.05, 0.1) is 18.8 Å². The summed E-state index contributed by atoms with van der Waals surface area (Å²) < 4.78 is 5.34. The SMILES string of the molecule is CC(C)OCC(O)CNCC1CCN(C)C1. The van der Waals surface area contributed by atoms with E-state index in [1.165, 1.54) is 19.5 Å². The number of aliphatic hydroxyl groups is 1. The Labute approximate surface area is 99.0 Å².